The fraction of sp³-hybridized carbons (Fsp3) is 0.303. The van der Waals surface area contributed by atoms with Crippen molar-refractivity contribution in [2.24, 2.45) is 11.7 Å². The second-order valence-electron chi connectivity index (χ2n) is 10.9. The van der Waals surface area contributed by atoms with Crippen LogP contribution >= 0.6 is 0 Å². The van der Waals surface area contributed by atoms with Gasteiger partial charge in [-0.3, -0.25) is 19.7 Å². The van der Waals surface area contributed by atoms with Gasteiger partial charge in [-0.2, -0.15) is 5.26 Å². The quantitative estimate of drug-likeness (QED) is 0.252. The first kappa shape index (κ1) is 29.3. The topological polar surface area (TPSA) is 143 Å². The van der Waals surface area contributed by atoms with E-state index >= 15 is 0 Å². The zero-order valence-corrected chi connectivity index (χ0v) is 24.1. The number of amides is 3. The highest BCUT2D eigenvalue weighted by atomic mass is 16.5. The first-order valence-electron chi connectivity index (χ1n) is 14.4. The van der Waals surface area contributed by atoms with Crippen molar-refractivity contribution in [3.05, 3.63) is 83.4 Å². The predicted molar refractivity (Wildman–Crippen MR) is 163 cm³/mol. The molecule has 10 nitrogen and oxygen atoms in total. The third-order valence-corrected chi connectivity index (χ3v) is 7.84. The van der Waals surface area contributed by atoms with E-state index < -0.39 is 5.91 Å². The molecule has 5 rings (SSSR count). The van der Waals surface area contributed by atoms with Crippen LogP contribution < -0.4 is 20.7 Å². The molecule has 1 heterocycles. The molecule has 1 aliphatic rings. The second-order valence-corrected chi connectivity index (χ2v) is 10.9. The van der Waals surface area contributed by atoms with E-state index in [9.17, 15) is 14.4 Å². The average molecular weight is 579 g/mol. The standard InChI is InChI=1S/C33H34N6O4/c1-38(31(41)18-22-4-2-3-5-22)26-12-15-29-28(19-26)36-33(39(29)17-16-30(35)40)37-32(42)25-10-13-27(14-11-25)43-21-24-8-6-23(20-34)7-9-24/h6-15,19,22H,2-5,16-18,21H2,1H3,(H2,35,40)(H,36,37,42). The van der Waals surface area contributed by atoms with E-state index in [0.717, 1.165) is 18.4 Å². The molecule has 0 unspecified atom stereocenters. The third kappa shape index (κ3) is 7.19. The Morgan fingerprint density at radius 1 is 1.07 bits per heavy atom. The van der Waals surface area contributed by atoms with Crippen molar-refractivity contribution in [2.45, 2.75) is 51.7 Å². The number of carbonyl (C=O) groups is 3. The number of primary amides is 1. The largest absolute Gasteiger partial charge is 0.489 e. The highest BCUT2D eigenvalue weighted by molar-refractivity contribution is 6.04. The summed E-state index contributed by atoms with van der Waals surface area (Å²) in [6.45, 7) is 0.559. The Kier molecular flexibility index (Phi) is 9.01. The predicted octanol–water partition coefficient (Wildman–Crippen LogP) is 5.16. The molecule has 0 spiro atoms. The maximum atomic E-state index is 13.2. The van der Waals surface area contributed by atoms with Crippen LogP contribution in [0.4, 0.5) is 11.6 Å². The molecule has 10 heteroatoms. The molecule has 3 N–H and O–H groups in total. The lowest BCUT2D eigenvalue weighted by Crippen LogP contribution is -2.27. The van der Waals surface area contributed by atoms with Gasteiger partial charge in [0.05, 0.1) is 22.7 Å². The lowest BCUT2D eigenvalue weighted by atomic mass is 10.0. The molecule has 0 bridgehead atoms. The lowest BCUT2D eigenvalue weighted by Gasteiger charge is -2.19. The van der Waals surface area contributed by atoms with Crippen LogP contribution in [0.2, 0.25) is 0 Å². The van der Waals surface area contributed by atoms with Crippen LogP contribution in [0.1, 0.15) is 60.0 Å². The number of hydrogen-bond acceptors (Lipinski definition) is 6. The van der Waals surface area contributed by atoms with E-state index in [0.29, 0.717) is 52.5 Å². The molecular weight excluding hydrogens is 544 g/mol. The average Bonchev–Trinajstić information content (AvgIpc) is 3.65. The summed E-state index contributed by atoms with van der Waals surface area (Å²) in [6, 6.07) is 21.5. The number of nitriles is 1. The highest BCUT2D eigenvalue weighted by Gasteiger charge is 2.22. The molecule has 0 aliphatic heterocycles. The Morgan fingerprint density at radius 3 is 2.47 bits per heavy atom. The molecule has 4 aromatic rings. The van der Waals surface area contributed by atoms with Crippen LogP contribution in [0.3, 0.4) is 0 Å². The van der Waals surface area contributed by atoms with E-state index in [1.165, 1.54) is 12.8 Å². The Labute approximate surface area is 250 Å². The summed E-state index contributed by atoms with van der Waals surface area (Å²) in [4.78, 5) is 44.0. The smallest absolute Gasteiger partial charge is 0.257 e. The number of nitrogens with two attached hydrogens (primary N) is 1. The summed E-state index contributed by atoms with van der Waals surface area (Å²) in [5, 5.41) is 11.8. The van der Waals surface area contributed by atoms with Gasteiger partial charge in [-0.1, -0.05) is 25.0 Å². The molecule has 1 saturated carbocycles. The molecule has 1 fully saturated rings. The minimum Gasteiger partial charge on any atom is -0.489 e. The number of nitrogens with one attached hydrogen (secondary N) is 1. The number of fused-ring (bicyclic) bond motifs is 1. The van der Waals surface area contributed by atoms with E-state index in [4.69, 9.17) is 15.7 Å². The van der Waals surface area contributed by atoms with Crippen LogP contribution in [0.15, 0.2) is 66.7 Å². The number of ether oxygens (including phenoxy) is 1. The van der Waals surface area contributed by atoms with Gasteiger partial charge in [-0.15, -0.1) is 0 Å². The zero-order chi connectivity index (χ0) is 30.3. The third-order valence-electron chi connectivity index (χ3n) is 7.84. The molecule has 0 atom stereocenters. The van der Waals surface area contributed by atoms with Crippen molar-refractivity contribution in [1.29, 1.82) is 5.26 Å². The SMILES string of the molecule is CN(C(=O)CC1CCCC1)c1ccc2c(c1)nc(NC(=O)c1ccc(OCc3ccc(C#N)cc3)cc1)n2CCC(N)=O. The van der Waals surface area contributed by atoms with Crippen LogP contribution in [0.5, 0.6) is 5.75 Å². The summed E-state index contributed by atoms with van der Waals surface area (Å²) in [6.07, 6.45) is 5.16. The van der Waals surface area contributed by atoms with Crippen LogP contribution in [-0.2, 0) is 22.7 Å². The maximum absolute atomic E-state index is 13.2. The molecule has 43 heavy (non-hydrogen) atoms. The molecule has 1 aromatic heterocycles. The van der Waals surface area contributed by atoms with Crippen molar-refractivity contribution in [3.8, 4) is 11.8 Å². The van der Waals surface area contributed by atoms with Gasteiger partial charge < -0.3 is 19.9 Å². The van der Waals surface area contributed by atoms with Crippen molar-refractivity contribution >= 4 is 40.4 Å². The lowest BCUT2D eigenvalue weighted by molar-refractivity contribution is -0.119. The van der Waals surface area contributed by atoms with Gasteiger partial charge in [0.1, 0.15) is 12.4 Å². The number of nitrogens with zero attached hydrogens (tertiary/aromatic N) is 4. The fourth-order valence-corrected chi connectivity index (χ4v) is 5.33. The number of aryl methyl sites for hydroxylation is 1. The number of hydrogen-bond donors (Lipinski definition) is 2. The monoisotopic (exact) mass is 578 g/mol. The maximum Gasteiger partial charge on any atom is 0.257 e. The molecular formula is C33H34N6O4. The Morgan fingerprint density at radius 2 is 1.79 bits per heavy atom. The fourth-order valence-electron chi connectivity index (χ4n) is 5.33. The minimum absolute atomic E-state index is 0.0669. The van der Waals surface area contributed by atoms with Gasteiger partial charge in [-0.25, -0.2) is 4.98 Å². The molecule has 3 amide bonds. The van der Waals surface area contributed by atoms with Crippen molar-refractivity contribution < 1.29 is 19.1 Å². The molecule has 1 aliphatic carbocycles. The van der Waals surface area contributed by atoms with E-state index in [1.807, 2.05) is 30.3 Å². The van der Waals surface area contributed by atoms with E-state index in [-0.39, 0.29) is 30.7 Å². The van der Waals surface area contributed by atoms with Crippen molar-refractivity contribution in [3.63, 3.8) is 0 Å². The molecule has 220 valence electrons. The number of benzene rings is 3. The first-order valence-corrected chi connectivity index (χ1v) is 14.4. The van der Waals surface area contributed by atoms with Crippen LogP contribution in [0, 0.1) is 17.2 Å². The normalized spacial score (nSPS) is 13.0. The van der Waals surface area contributed by atoms with Crippen molar-refractivity contribution in [1.82, 2.24) is 9.55 Å². The van der Waals surface area contributed by atoms with Gasteiger partial charge in [0.25, 0.3) is 5.91 Å². The van der Waals surface area contributed by atoms with Gasteiger partial charge in [-0.05, 0) is 78.9 Å². The number of anilines is 2. The highest BCUT2D eigenvalue weighted by Crippen LogP contribution is 2.30. The first-order chi connectivity index (χ1) is 20.8. The zero-order valence-electron chi connectivity index (χ0n) is 24.1. The summed E-state index contributed by atoms with van der Waals surface area (Å²) in [7, 11) is 1.77. The van der Waals surface area contributed by atoms with E-state index in [1.54, 1.807) is 52.9 Å². The Hall–Kier alpha value is -5.17. The summed E-state index contributed by atoms with van der Waals surface area (Å²) < 4.78 is 7.56. The number of imidazole rings is 1. The Balaban J connectivity index is 1.30. The number of carbonyl (C=O) groups excluding carboxylic acids is 3. The Bertz CT molecular complexity index is 1660. The summed E-state index contributed by atoms with van der Waals surface area (Å²) >= 11 is 0. The second kappa shape index (κ2) is 13.2. The number of aromatic nitrogens is 2. The molecule has 0 saturated heterocycles. The van der Waals surface area contributed by atoms with Crippen LogP contribution in [-0.4, -0.2) is 34.3 Å². The minimum atomic E-state index is -0.468. The van der Waals surface area contributed by atoms with Crippen molar-refractivity contribution in [2.75, 3.05) is 17.3 Å². The van der Waals surface area contributed by atoms with E-state index in [2.05, 4.69) is 16.4 Å². The van der Waals surface area contributed by atoms with Gasteiger partial charge in [0, 0.05) is 37.7 Å². The number of rotatable bonds is 11. The summed E-state index contributed by atoms with van der Waals surface area (Å²) in [5.74, 6) is 0.533. The molecule has 3 aromatic carbocycles. The van der Waals surface area contributed by atoms with Gasteiger partial charge in [0.15, 0.2) is 0 Å². The molecule has 0 radical (unpaired) electrons. The summed E-state index contributed by atoms with van der Waals surface area (Å²) in [5.41, 5.74) is 9.33. The van der Waals surface area contributed by atoms with Crippen LogP contribution in [0.25, 0.3) is 11.0 Å². The van der Waals surface area contributed by atoms with Gasteiger partial charge >= 0.3 is 0 Å². The van der Waals surface area contributed by atoms with Gasteiger partial charge in [0.2, 0.25) is 17.8 Å².